The van der Waals surface area contributed by atoms with Gasteiger partial charge in [0.05, 0.1) is 28.8 Å². The van der Waals surface area contributed by atoms with Gasteiger partial charge in [-0.05, 0) is 31.2 Å². The molecule has 0 aromatic heterocycles. The molecular weight excluding hydrogens is 338 g/mol. The molecule has 1 aromatic rings. The quantitative estimate of drug-likeness (QED) is 0.843. The lowest BCUT2D eigenvalue weighted by Gasteiger charge is -2.27. The molecule has 1 unspecified atom stereocenters. The zero-order valence-electron chi connectivity index (χ0n) is 12.3. The summed E-state index contributed by atoms with van der Waals surface area (Å²) in [7, 11) is 0. The van der Waals surface area contributed by atoms with Gasteiger partial charge in [0.25, 0.3) is 5.91 Å². The molecular formula is C15H14ClN3O3S. The van der Waals surface area contributed by atoms with Crippen LogP contribution < -0.4 is 10.7 Å². The minimum atomic E-state index is -0.531. The number of nitrogens with two attached hydrogens (primary N) is 1. The van der Waals surface area contributed by atoms with Crippen LogP contribution >= 0.6 is 23.4 Å². The molecule has 3 rings (SSSR count). The maximum absolute atomic E-state index is 12.7. The van der Waals surface area contributed by atoms with Gasteiger partial charge in [0.1, 0.15) is 0 Å². The Bertz CT molecular complexity index is 730. The average molecular weight is 352 g/mol. The Hall–Kier alpha value is -1.99. The molecule has 6 nitrogen and oxygen atoms in total. The van der Waals surface area contributed by atoms with Gasteiger partial charge in [0, 0.05) is 10.8 Å². The van der Waals surface area contributed by atoms with Crippen molar-refractivity contribution in [2.75, 3.05) is 17.4 Å². The average Bonchev–Trinajstić information content (AvgIpc) is 2.91. The van der Waals surface area contributed by atoms with E-state index >= 15 is 0 Å². The van der Waals surface area contributed by atoms with Crippen LogP contribution in [-0.4, -0.2) is 29.9 Å². The molecule has 0 aliphatic carbocycles. The molecule has 23 heavy (non-hydrogen) atoms. The van der Waals surface area contributed by atoms with Gasteiger partial charge >= 0.3 is 5.97 Å². The second kappa shape index (κ2) is 6.25. The van der Waals surface area contributed by atoms with E-state index in [1.165, 1.54) is 16.8 Å². The molecule has 0 saturated carbocycles. The highest BCUT2D eigenvalue weighted by Gasteiger charge is 2.43. The van der Waals surface area contributed by atoms with E-state index in [0.29, 0.717) is 27.1 Å². The largest absolute Gasteiger partial charge is 0.461 e. The fourth-order valence-corrected chi connectivity index (χ4v) is 3.64. The highest BCUT2D eigenvalue weighted by molar-refractivity contribution is 8.03. The lowest BCUT2D eigenvalue weighted by molar-refractivity contribution is -0.135. The summed E-state index contributed by atoms with van der Waals surface area (Å²) in [5.41, 5.74) is 7.06. The van der Waals surface area contributed by atoms with Crippen molar-refractivity contribution in [2.45, 2.75) is 6.92 Å². The summed E-state index contributed by atoms with van der Waals surface area (Å²) >= 11 is 7.22. The molecule has 2 heterocycles. The van der Waals surface area contributed by atoms with Crippen LogP contribution in [-0.2, 0) is 14.3 Å². The molecule has 120 valence electrons. The monoisotopic (exact) mass is 351 g/mol. The number of halogens is 1. The van der Waals surface area contributed by atoms with Crippen molar-refractivity contribution in [3.63, 3.8) is 0 Å². The second-order valence-corrected chi connectivity index (χ2v) is 6.44. The third-order valence-corrected chi connectivity index (χ3v) is 4.82. The van der Waals surface area contributed by atoms with Gasteiger partial charge < -0.3 is 10.5 Å². The molecule has 2 aliphatic rings. The predicted molar refractivity (Wildman–Crippen MR) is 90.2 cm³/mol. The van der Waals surface area contributed by atoms with Crippen molar-refractivity contribution < 1.29 is 14.3 Å². The van der Waals surface area contributed by atoms with Crippen molar-refractivity contribution >= 4 is 46.6 Å². The van der Waals surface area contributed by atoms with Crippen LogP contribution in [0.25, 0.3) is 0 Å². The fourth-order valence-electron chi connectivity index (χ4n) is 2.46. The van der Waals surface area contributed by atoms with E-state index in [-0.39, 0.29) is 18.2 Å². The van der Waals surface area contributed by atoms with Crippen molar-refractivity contribution in [3.05, 3.63) is 39.9 Å². The van der Waals surface area contributed by atoms with Crippen molar-refractivity contribution in [1.82, 2.24) is 0 Å². The van der Waals surface area contributed by atoms with Gasteiger partial charge in [-0.3, -0.25) is 4.79 Å². The molecule has 2 aliphatic heterocycles. The Balaban J connectivity index is 2.07. The molecule has 2 N–H and O–H groups in total. The topological polar surface area (TPSA) is 85.0 Å². The van der Waals surface area contributed by atoms with Gasteiger partial charge in [-0.2, -0.15) is 10.1 Å². The summed E-state index contributed by atoms with van der Waals surface area (Å²) in [4.78, 5) is 24.9. The Kier molecular flexibility index (Phi) is 4.32. The molecule has 1 amide bonds. The Morgan fingerprint density at radius 3 is 2.83 bits per heavy atom. The molecule has 1 aromatic carbocycles. The summed E-state index contributed by atoms with van der Waals surface area (Å²) < 4.78 is 5.06. The first-order valence-electron chi connectivity index (χ1n) is 7.01. The highest BCUT2D eigenvalue weighted by atomic mass is 35.5. The normalized spacial score (nSPS) is 20.4. The number of anilines is 1. The van der Waals surface area contributed by atoms with Gasteiger partial charge in [-0.25, -0.2) is 4.79 Å². The number of fused-ring (bicyclic) bond motifs is 1. The highest BCUT2D eigenvalue weighted by Crippen LogP contribution is 2.39. The molecule has 0 radical (unpaired) electrons. The first kappa shape index (κ1) is 15.9. The van der Waals surface area contributed by atoms with Crippen LogP contribution in [0.3, 0.4) is 0 Å². The van der Waals surface area contributed by atoms with Crippen molar-refractivity contribution in [2.24, 2.45) is 16.8 Å². The number of carbonyl (C=O) groups is 2. The van der Waals surface area contributed by atoms with Gasteiger partial charge in [0.15, 0.2) is 5.71 Å². The van der Waals surface area contributed by atoms with Crippen LogP contribution in [0.5, 0.6) is 0 Å². The molecule has 0 spiro atoms. The Morgan fingerprint density at radius 1 is 1.48 bits per heavy atom. The van der Waals surface area contributed by atoms with Crippen LogP contribution in [0.1, 0.15) is 6.92 Å². The number of hydrogen-bond donors (Lipinski definition) is 1. The van der Waals surface area contributed by atoms with E-state index in [4.69, 9.17) is 22.1 Å². The number of benzene rings is 1. The second-order valence-electron chi connectivity index (χ2n) is 4.94. The number of rotatable bonds is 3. The smallest absolute Gasteiger partial charge is 0.355 e. The minimum absolute atomic E-state index is 0.198. The molecule has 8 heteroatoms. The number of amides is 1. The van der Waals surface area contributed by atoms with Crippen molar-refractivity contribution in [3.8, 4) is 0 Å². The molecule has 0 fully saturated rings. The predicted octanol–water partition coefficient (Wildman–Crippen LogP) is 2.14. The summed E-state index contributed by atoms with van der Waals surface area (Å²) in [5, 5.41) is 6.38. The summed E-state index contributed by atoms with van der Waals surface area (Å²) in [6.45, 7) is 1.96. The first-order chi connectivity index (χ1) is 11.0. The zero-order chi connectivity index (χ0) is 16.6. The van der Waals surface area contributed by atoms with Crippen LogP contribution in [0.4, 0.5) is 5.69 Å². The number of ether oxygens (including phenoxy) is 1. The van der Waals surface area contributed by atoms with Crippen LogP contribution in [0, 0.1) is 5.92 Å². The number of esters is 1. The lowest BCUT2D eigenvalue weighted by atomic mass is 9.94. The van der Waals surface area contributed by atoms with Crippen molar-refractivity contribution in [1.29, 1.82) is 0 Å². The van der Waals surface area contributed by atoms with E-state index in [0.717, 1.165) is 0 Å². The van der Waals surface area contributed by atoms with E-state index in [2.05, 4.69) is 5.10 Å². The van der Waals surface area contributed by atoms with E-state index in [1.807, 2.05) is 0 Å². The lowest BCUT2D eigenvalue weighted by Crippen LogP contribution is -2.42. The maximum Gasteiger partial charge on any atom is 0.355 e. The van der Waals surface area contributed by atoms with Gasteiger partial charge in [-0.1, -0.05) is 11.6 Å². The van der Waals surface area contributed by atoms with E-state index < -0.39 is 11.9 Å². The van der Waals surface area contributed by atoms with E-state index in [1.54, 1.807) is 31.2 Å². The standard InChI is InChI=1S/C15H14ClN3O3S/c1-2-22-15(21)12-10-7-23-13(17)11(10)14(20)19(18-12)9-5-3-8(16)4-6-9/h3-6,10H,2,7,17H2,1H3. The molecule has 0 saturated heterocycles. The third kappa shape index (κ3) is 2.82. The third-order valence-electron chi connectivity index (χ3n) is 3.54. The first-order valence-corrected chi connectivity index (χ1v) is 8.37. The number of hydrogen-bond acceptors (Lipinski definition) is 6. The molecule has 0 bridgehead atoms. The van der Waals surface area contributed by atoms with Gasteiger partial charge in [0.2, 0.25) is 0 Å². The summed E-state index contributed by atoms with van der Waals surface area (Å²) in [6.07, 6.45) is 0. The maximum atomic E-state index is 12.7. The van der Waals surface area contributed by atoms with E-state index in [9.17, 15) is 9.59 Å². The summed E-state index contributed by atoms with van der Waals surface area (Å²) in [5.74, 6) is -0.765. The minimum Gasteiger partial charge on any atom is -0.461 e. The van der Waals surface area contributed by atoms with Crippen LogP contribution in [0.2, 0.25) is 5.02 Å². The Morgan fingerprint density at radius 2 is 2.17 bits per heavy atom. The summed E-state index contributed by atoms with van der Waals surface area (Å²) in [6, 6.07) is 6.62. The number of hydrazone groups is 1. The zero-order valence-corrected chi connectivity index (χ0v) is 13.9. The number of nitrogens with zero attached hydrogens (tertiary/aromatic N) is 2. The SMILES string of the molecule is CCOC(=O)C1=NN(c2ccc(Cl)cc2)C(=O)C2=C(N)SCC12. The fraction of sp³-hybridized carbons (Fsp3) is 0.267. The van der Waals surface area contributed by atoms with Crippen LogP contribution in [0.15, 0.2) is 40.0 Å². The number of thioether (sulfide) groups is 1. The van der Waals surface area contributed by atoms with Gasteiger partial charge in [-0.15, -0.1) is 11.8 Å². The Labute approximate surface area is 142 Å². The number of carbonyl (C=O) groups excluding carboxylic acids is 2. The molecule has 1 atom stereocenters.